The highest BCUT2D eigenvalue weighted by molar-refractivity contribution is 5.40. The maximum absolute atomic E-state index is 5.39. The second-order valence-electron chi connectivity index (χ2n) is 6.35. The molecule has 5 nitrogen and oxygen atoms in total. The van der Waals surface area contributed by atoms with E-state index in [1.807, 2.05) is 16.8 Å². The molecule has 2 aromatic carbocycles. The van der Waals surface area contributed by atoms with Crippen molar-refractivity contribution in [2.45, 2.75) is 31.8 Å². The van der Waals surface area contributed by atoms with Gasteiger partial charge in [0.05, 0.1) is 19.2 Å². The zero-order valence-electron chi connectivity index (χ0n) is 14.5. The van der Waals surface area contributed by atoms with Crippen LogP contribution in [0.25, 0.3) is 0 Å². The number of ether oxygens (including phenoxy) is 1. The second-order valence-corrected chi connectivity index (χ2v) is 6.35. The molecule has 1 N–H and O–H groups in total. The molecule has 0 saturated carbocycles. The zero-order chi connectivity index (χ0) is 17.2. The Bertz CT molecular complexity index is 856. The number of aromatic nitrogens is 3. The molecule has 1 aliphatic heterocycles. The topological polar surface area (TPSA) is 52.0 Å². The van der Waals surface area contributed by atoms with Crippen molar-refractivity contribution >= 4 is 5.95 Å². The van der Waals surface area contributed by atoms with Gasteiger partial charge in [0, 0.05) is 0 Å². The van der Waals surface area contributed by atoms with Crippen LogP contribution in [0.15, 0.2) is 54.9 Å². The Morgan fingerprint density at radius 3 is 2.76 bits per heavy atom. The predicted octanol–water partition coefficient (Wildman–Crippen LogP) is 4.00. The highest BCUT2D eigenvalue weighted by Crippen LogP contribution is 2.38. The number of fused-ring (bicyclic) bond motifs is 1. The van der Waals surface area contributed by atoms with E-state index in [1.165, 1.54) is 16.7 Å². The molecule has 0 amide bonds. The van der Waals surface area contributed by atoms with Gasteiger partial charge in [-0.05, 0) is 41.7 Å². The van der Waals surface area contributed by atoms with Crippen molar-refractivity contribution < 1.29 is 4.74 Å². The summed E-state index contributed by atoms with van der Waals surface area (Å²) in [5.74, 6) is 1.67. The van der Waals surface area contributed by atoms with E-state index in [0.717, 1.165) is 24.5 Å². The normalized spacial score (nSPS) is 19.1. The van der Waals surface area contributed by atoms with Gasteiger partial charge in [-0.15, -0.1) is 0 Å². The Morgan fingerprint density at radius 1 is 1.16 bits per heavy atom. The minimum Gasteiger partial charge on any atom is -0.497 e. The number of hydrogen-bond acceptors (Lipinski definition) is 4. The van der Waals surface area contributed by atoms with Crippen molar-refractivity contribution in [2.75, 3.05) is 12.4 Å². The first-order chi connectivity index (χ1) is 12.3. The fraction of sp³-hybridized carbons (Fsp3) is 0.300. The van der Waals surface area contributed by atoms with Gasteiger partial charge in [-0.1, -0.05) is 43.3 Å². The summed E-state index contributed by atoms with van der Waals surface area (Å²) in [7, 11) is 1.69. The third-order valence-corrected chi connectivity index (χ3v) is 4.90. The third kappa shape index (κ3) is 2.97. The average molecular weight is 334 g/mol. The number of nitrogens with one attached hydrogen (secondary N) is 1. The summed E-state index contributed by atoms with van der Waals surface area (Å²) in [6.07, 6.45) is 3.58. The molecule has 0 spiro atoms. The molecule has 2 atom stereocenters. The zero-order valence-corrected chi connectivity index (χ0v) is 14.5. The summed E-state index contributed by atoms with van der Waals surface area (Å²) < 4.78 is 7.36. The maximum Gasteiger partial charge on any atom is 0.222 e. The molecule has 0 saturated heterocycles. The van der Waals surface area contributed by atoms with Crippen molar-refractivity contribution in [3.63, 3.8) is 0 Å². The van der Waals surface area contributed by atoms with Crippen LogP contribution in [0.2, 0.25) is 0 Å². The van der Waals surface area contributed by atoms with Crippen LogP contribution in [0.4, 0.5) is 5.95 Å². The van der Waals surface area contributed by atoms with Crippen LogP contribution in [0, 0.1) is 0 Å². The van der Waals surface area contributed by atoms with Gasteiger partial charge in [-0.2, -0.15) is 10.1 Å². The third-order valence-electron chi connectivity index (χ3n) is 4.90. The first-order valence-electron chi connectivity index (χ1n) is 8.67. The van der Waals surface area contributed by atoms with Gasteiger partial charge in [0.2, 0.25) is 5.95 Å². The highest BCUT2D eigenvalue weighted by atomic mass is 16.5. The SMILES string of the molecule is CCc1ccc([C@@H]2C[C@H](c3cccc(OC)c3)n3ncnc3N2)cc1. The Hall–Kier alpha value is -2.82. The van der Waals surface area contributed by atoms with Crippen molar-refractivity contribution in [2.24, 2.45) is 0 Å². The number of benzene rings is 2. The predicted molar refractivity (Wildman–Crippen MR) is 98.0 cm³/mol. The molecule has 0 radical (unpaired) electrons. The molecular formula is C20H22N4O. The van der Waals surface area contributed by atoms with Gasteiger partial charge in [0.25, 0.3) is 0 Å². The number of anilines is 1. The molecule has 4 rings (SSSR count). The molecule has 25 heavy (non-hydrogen) atoms. The number of methoxy groups -OCH3 is 1. The lowest BCUT2D eigenvalue weighted by atomic mass is 9.92. The summed E-state index contributed by atoms with van der Waals surface area (Å²) in [5.41, 5.74) is 3.81. The monoisotopic (exact) mass is 334 g/mol. The summed E-state index contributed by atoms with van der Waals surface area (Å²) >= 11 is 0. The number of rotatable bonds is 4. The van der Waals surface area contributed by atoms with Gasteiger partial charge in [-0.25, -0.2) is 4.68 Å². The molecule has 0 unspecified atom stereocenters. The lowest BCUT2D eigenvalue weighted by Gasteiger charge is -2.32. The van der Waals surface area contributed by atoms with Crippen LogP contribution < -0.4 is 10.1 Å². The highest BCUT2D eigenvalue weighted by Gasteiger charge is 2.30. The van der Waals surface area contributed by atoms with Gasteiger partial charge in [0.15, 0.2) is 0 Å². The first-order valence-corrected chi connectivity index (χ1v) is 8.67. The number of nitrogens with zero attached hydrogens (tertiary/aromatic N) is 3. The van der Waals surface area contributed by atoms with E-state index in [-0.39, 0.29) is 12.1 Å². The molecule has 1 aromatic heterocycles. The minimum atomic E-state index is 0.129. The summed E-state index contributed by atoms with van der Waals surface area (Å²) in [6, 6.07) is 17.4. The lowest BCUT2D eigenvalue weighted by Crippen LogP contribution is -2.28. The van der Waals surface area contributed by atoms with Crippen molar-refractivity contribution in [3.8, 4) is 5.75 Å². The smallest absolute Gasteiger partial charge is 0.222 e. The van der Waals surface area contributed by atoms with E-state index < -0.39 is 0 Å². The molecule has 128 valence electrons. The van der Waals surface area contributed by atoms with Crippen LogP contribution in [0.5, 0.6) is 5.75 Å². The molecule has 0 bridgehead atoms. The van der Waals surface area contributed by atoms with Crippen LogP contribution in [0.3, 0.4) is 0 Å². The quantitative estimate of drug-likeness (QED) is 0.784. The average Bonchev–Trinajstić information content (AvgIpc) is 3.16. The molecule has 3 aromatic rings. The van der Waals surface area contributed by atoms with Crippen LogP contribution >= 0.6 is 0 Å². The lowest BCUT2D eigenvalue weighted by molar-refractivity contribution is 0.406. The molecule has 0 aliphatic carbocycles. The maximum atomic E-state index is 5.39. The molecule has 5 heteroatoms. The second kappa shape index (κ2) is 6.59. The Balaban J connectivity index is 1.69. The van der Waals surface area contributed by atoms with Crippen molar-refractivity contribution in [1.29, 1.82) is 0 Å². The van der Waals surface area contributed by atoms with E-state index >= 15 is 0 Å². The van der Waals surface area contributed by atoms with Gasteiger partial charge >= 0.3 is 0 Å². The minimum absolute atomic E-state index is 0.129. The van der Waals surface area contributed by atoms with E-state index in [9.17, 15) is 0 Å². The van der Waals surface area contributed by atoms with E-state index in [1.54, 1.807) is 13.4 Å². The number of aryl methyl sites for hydroxylation is 1. The van der Waals surface area contributed by atoms with Crippen molar-refractivity contribution in [3.05, 3.63) is 71.5 Å². The van der Waals surface area contributed by atoms with Crippen LogP contribution in [0.1, 0.15) is 42.1 Å². The molecule has 2 heterocycles. The Kier molecular flexibility index (Phi) is 4.14. The van der Waals surface area contributed by atoms with Gasteiger partial charge in [0.1, 0.15) is 12.1 Å². The first kappa shape index (κ1) is 15.7. The fourth-order valence-electron chi connectivity index (χ4n) is 3.45. The standard InChI is InChI=1S/C20H22N4O/c1-3-14-7-9-15(10-8-14)18-12-19(24-20(23-18)21-13-22-24)16-5-4-6-17(11-16)25-2/h4-11,13,18-19H,3,12H2,1-2H3,(H,21,22,23)/t18-,19+/m0/s1. The fourth-order valence-corrected chi connectivity index (χ4v) is 3.45. The van der Waals surface area contributed by atoms with E-state index in [2.05, 4.69) is 58.7 Å². The van der Waals surface area contributed by atoms with E-state index in [0.29, 0.717) is 0 Å². The van der Waals surface area contributed by atoms with Crippen LogP contribution in [-0.4, -0.2) is 21.9 Å². The summed E-state index contributed by atoms with van der Waals surface area (Å²) in [6.45, 7) is 2.18. The van der Waals surface area contributed by atoms with Crippen molar-refractivity contribution in [1.82, 2.24) is 14.8 Å². The number of hydrogen-bond donors (Lipinski definition) is 1. The van der Waals surface area contributed by atoms with Gasteiger partial charge in [-0.3, -0.25) is 0 Å². The molecule has 1 aliphatic rings. The Labute approximate surface area is 147 Å². The van der Waals surface area contributed by atoms with E-state index in [4.69, 9.17) is 4.74 Å². The summed E-state index contributed by atoms with van der Waals surface area (Å²) in [5, 5.41) is 7.94. The molecule has 0 fully saturated rings. The molecular weight excluding hydrogens is 312 g/mol. The largest absolute Gasteiger partial charge is 0.497 e. The summed E-state index contributed by atoms with van der Waals surface area (Å²) in [4.78, 5) is 4.39. The Morgan fingerprint density at radius 2 is 2.00 bits per heavy atom. The van der Waals surface area contributed by atoms with Crippen LogP contribution in [-0.2, 0) is 6.42 Å². The van der Waals surface area contributed by atoms with Gasteiger partial charge < -0.3 is 10.1 Å².